The second-order valence-corrected chi connectivity index (χ2v) is 3.37. The maximum Gasteiger partial charge on any atom is 0.325 e. The number of carbonyl (C=O) groups is 4. The summed E-state index contributed by atoms with van der Waals surface area (Å²) < 4.78 is 8.95. The topological polar surface area (TPSA) is 98.8 Å². The number of Topliss-reactive ketones (excluding diaryl/α,β-unsaturated/α-hetero) is 1. The molecule has 0 aromatic rings. The van der Waals surface area contributed by atoms with Crippen molar-refractivity contribution < 1.29 is 28.7 Å². The number of carbonyl (C=O) groups excluding carboxylic acids is 4. The molecule has 0 bridgehead atoms. The first-order chi connectivity index (χ1) is 8.49. The van der Waals surface area contributed by atoms with Gasteiger partial charge in [0.05, 0.1) is 26.6 Å². The summed E-state index contributed by atoms with van der Waals surface area (Å²) in [5, 5.41) is 2.25. The van der Waals surface area contributed by atoms with E-state index in [1.54, 1.807) is 6.92 Å². The van der Waals surface area contributed by atoms with Crippen molar-refractivity contribution in [3.05, 3.63) is 0 Å². The smallest absolute Gasteiger partial charge is 0.325 e. The summed E-state index contributed by atoms with van der Waals surface area (Å²) in [6, 6.07) is 0. The minimum Gasteiger partial charge on any atom is -0.469 e. The van der Waals surface area contributed by atoms with Gasteiger partial charge < -0.3 is 14.8 Å². The van der Waals surface area contributed by atoms with Crippen molar-refractivity contribution in [2.75, 3.05) is 20.3 Å². The number of amides is 1. The zero-order valence-corrected chi connectivity index (χ0v) is 10.5. The number of rotatable bonds is 8. The zero-order valence-electron chi connectivity index (χ0n) is 10.5. The molecule has 0 atom stereocenters. The molecule has 18 heavy (non-hydrogen) atoms. The molecular weight excluding hydrogens is 242 g/mol. The standard InChI is InChI=1S/C11H17NO6/c1-3-18-11(16)7-12-9(14)6-8(13)4-5-10(15)17-2/h3-7H2,1-2H3,(H,12,14). The molecule has 0 aliphatic rings. The maximum atomic E-state index is 11.3. The van der Waals surface area contributed by atoms with E-state index in [-0.39, 0.29) is 38.2 Å². The van der Waals surface area contributed by atoms with E-state index >= 15 is 0 Å². The van der Waals surface area contributed by atoms with Crippen LogP contribution in [0.5, 0.6) is 0 Å². The Kier molecular flexibility index (Phi) is 8.17. The van der Waals surface area contributed by atoms with Crippen LogP contribution in [0.25, 0.3) is 0 Å². The highest BCUT2D eigenvalue weighted by Gasteiger charge is 2.12. The fourth-order valence-electron chi connectivity index (χ4n) is 1.06. The van der Waals surface area contributed by atoms with Gasteiger partial charge in [0, 0.05) is 6.42 Å². The Morgan fingerprint density at radius 1 is 1.06 bits per heavy atom. The molecule has 0 unspecified atom stereocenters. The van der Waals surface area contributed by atoms with Crippen molar-refractivity contribution in [3.8, 4) is 0 Å². The van der Waals surface area contributed by atoms with Crippen molar-refractivity contribution in [2.24, 2.45) is 0 Å². The highest BCUT2D eigenvalue weighted by Crippen LogP contribution is 1.97. The Morgan fingerprint density at radius 2 is 1.72 bits per heavy atom. The molecular formula is C11H17NO6. The summed E-state index contributed by atoms with van der Waals surface area (Å²) in [6.07, 6.45) is -0.476. The molecule has 7 heteroatoms. The highest BCUT2D eigenvalue weighted by atomic mass is 16.5. The summed E-state index contributed by atoms with van der Waals surface area (Å²) in [6.45, 7) is 1.61. The van der Waals surface area contributed by atoms with E-state index in [4.69, 9.17) is 0 Å². The highest BCUT2D eigenvalue weighted by molar-refractivity contribution is 5.99. The van der Waals surface area contributed by atoms with Gasteiger partial charge in [0.25, 0.3) is 0 Å². The van der Waals surface area contributed by atoms with Crippen molar-refractivity contribution in [1.29, 1.82) is 0 Å². The quantitative estimate of drug-likeness (QED) is 0.469. The van der Waals surface area contributed by atoms with Gasteiger partial charge in [0.2, 0.25) is 5.91 Å². The monoisotopic (exact) mass is 259 g/mol. The third kappa shape index (κ3) is 8.26. The average Bonchev–Trinajstić information content (AvgIpc) is 2.33. The summed E-state index contributed by atoms with van der Waals surface area (Å²) in [4.78, 5) is 44.1. The lowest BCUT2D eigenvalue weighted by Gasteiger charge is -2.04. The summed E-state index contributed by atoms with van der Waals surface area (Å²) in [5.41, 5.74) is 0. The molecule has 0 rings (SSSR count). The molecule has 0 aromatic heterocycles. The van der Waals surface area contributed by atoms with E-state index in [0.717, 1.165) is 0 Å². The lowest BCUT2D eigenvalue weighted by Crippen LogP contribution is -2.32. The molecule has 0 aromatic carbocycles. The molecule has 0 saturated carbocycles. The second kappa shape index (κ2) is 9.15. The average molecular weight is 259 g/mol. The molecule has 0 heterocycles. The number of methoxy groups -OCH3 is 1. The lowest BCUT2D eigenvalue weighted by molar-refractivity contribution is -0.144. The van der Waals surface area contributed by atoms with Crippen LogP contribution in [0.4, 0.5) is 0 Å². The number of hydrogen-bond acceptors (Lipinski definition) is 6. The number of hydrogen-bond donors (Lipinski definition) is 1. The van der Waals surface area contributed by atoms with E-state index in [1.807, 2.05) is 0 Å². The van der Waals surface area contributed by atoms with Crippen LogP contribution in [-0.4, -0.2) is 43.9 Å². The van der Waals surface area contributed by atoms with Crippen LogP contribution in [0.15, 0.2) is 0 Å². The molecule has 102 valence electrons. The maximum absolute atomic E-state index is 11.3. The molecule has 0 spiro atoms. The Labute approximate surface area is 105 Å². The summed E-state index contributed by atoms with van der Waals surface area (Å²) in [5.74, 6) is -2.03. The van der Waals surface area contributed by atoms with Crippen molar-refractivity contribution in [1.82, 2.24) is 5.32 Å². The van der Waals surface area contributed by atoms with E-state index in [1.165, 1.54) is 7.11 Å². The molecule has 1 N–H and O–H groups in total. The zero-order chi connectivity index (χ0) is 14.0. The van der Waals surface area contributed by atoms with Crippen LogP contribution >= 0.6 is 0 Å². The molecule has 0 saturated heterocycles. The lowest BCUT2D eigenvalue weighted by atomic mass is 10.1. The number of ether oxygens (including phenoxy) is 2. The molecule has 1 amide bonds. The van der Waals surface area contributed by atoms with Gasteiger partial charge in [-0.05, 0) is 6.92 Å². The van der Waals surface area contributed by atoms with Gasteiger partial charge in [-0.1, -0.05) is 0 Å². The van der Waals surface area contributed by atoms with Gasteiger partial charge in [-0.25, -0.2) is 0 Å². The third-order valence-electron chi connectivity index (χ3n) is 1.93. The minimum atomic E-state index is -0.571. The fraction of sp³-hybridized carbons (Fsp3) is 0.636. The van der Waals surface area contributed by atoms with Crippen LogP contribution in [0.2, 0.25) is 0 Å². The fourth-order valence-corrected chi connectivity index (χ4v) is 1.06. The van der Waals surface area contributed by atoms with Crippen LogP contribution in [0.1, 0.15) is 26.2 Å². The number of ketones is 1. The van der Waals surface area contributed by atoms with Gasteiger partial charge >= 0.3 is 11.9 Å². The van der Waals surface area contributed by atoms with E-state index in [0.29, 0.717) is 0 Å². The van der Waals surface area contributed by atoms with Crippen molar-refractivity contribution in [3.63, 3.8) is 0 Å². The molecule has 0 radical (unpaired) electrons. The molecule has 0 fully saturated rings. The van der Waals surface area contributed by atoms with Crippen molar-refractivity contribution >= 4 is 23.6 Å². The van der Waals surface area contributed by atoms with Crippen LogP contribution < -0.4 is 5.32 Å². The number of esters is 2. The molecule has 7 nitrogen and oxygen atoms in total. The first kappa shape index (κ1) is 16.1. The Bertz CT molecular complexity index is 325. The van der Waals surface area contributed by atoms with Crippen molar-refractivity contribution in [2.45, 2.75) is 26.2 Å². The Hall–Kier alpha value is -1.92. The first-order valence-electron chi connectivity index (χ1n) is 5.50. The molecule has 0 aliphatic heterocycles. The summed E-state index contributed by atoms with van der Waals surface area (Å²) >= 11 is 0. The predicted molar refractivity (Wildman–Crippen MR) is 60.5 cm³/mol. The summed E-state index contributed by atoms with van der Waals surface area (Å²) in [7, 11) is 1.22. The van der Waals surface area contributed by atoms with E-state index < -0.39 is 17.8 Å². The van der Waals surface area contributed by atoms with E-state index in [9.17, 15) is 19.2 Å². The largest absolute Gasteiger partial charge is 0.469 e. The van der Waals surface area contributed by atoms with E-state index in [2.05, 4.69) is 14.8 Å². The van der Waals surface area contributed by atoms with Gasteiger partial charge in [-0.3, -0.25) is 19.2 Å². The Morgan fingerprint density at radius 3 is 2.28 bits per heavy atom. The number of nitrogens with one attached hydrogen (secondary N) is 1. The Balaban J connectivity index is 3.77. The minimum absolute atomic E-state index is 0.0551. The SMILES string of the molecule is CCOC(=O)CNC(=O)CC(=O)CCC(=O)OC. The van der Waals surface area contributed by atoms with Gasteiger partial charge in [0.1, 0.15) is 12.3 Å². The normalized spacial score (nSPS) is 9.44. The van der Waals surface area contributed by atoms with Gasteiger partial charge in [0.15, 0.2) is 0 Å². The second-order valence-electron chi connectivity index (χ2n) is 3.37. The van der Waals surface area contributed by atoms with Gasteiger partial charge in [-0.2, -0.15) is 0 Å². The van der Waals surface area contributed by atoms with Gasteiger partial charge in [-0.15, -0.1) is 0 Å². The van der Waals surface area contributed by atoms with Crippen LogP contribution in [0, 0.1) is 0 Å². The third-order valence-corrected chi connectivity index (χ3v) is 1.93. The van der Waals surface area contributed by atoms with Crippen LogP contribution in [0.3, 0.4) is 0 Å². The first-order valence-corrected chi connectivity index (χ1v) is 5.50. The van der Waals surface area contributed by atoms with Crippen LogP contribution in [-0.2, 0) is 28.7 Å². The molecule has 0 aliphatic carbocycles. The predicted octanol–water partition coefficient (Wildman–Crippen LogP) is -0.422.